The summed E-state index contributed by atoms with van der Waals surface area (Å²) in [4.78, 5) is 4.35. The molecule has 1 aromatic carbocycles. The molecule has 0 aliphatic carbocycles. The normalized spacial score (nSPS) is 13.6. The average molecular weight is 273 g/mol. The van der Waals surface area contributed by atoms with Crippen molar-refractivity contribution >= 4 is 10.8 Å². The summed E-state index contributed by atoms with van der Waals surface area (Å²) < 4.78 is 5.82. The summed E-state index contributed by atoms with van der Waals surface area (Å²) in [5.41, 5.74) is 3.69. The van der Waals surface area contributed by atoms with Gasteiger partial charge in [-0.3, -0.25) is 10.8 Å². The van der Waals surface area contributed by atoms with Crippen molar-refractivity contribution in [3.63, 3.8) is 0 Å². The van der Waals surface area contributed by atoms with E-state index in [0.29, 0.717) is 0 Å². The van der Waals surface area contributed by atoms with Gasteiger partial charge in [0.1, 0.15) is 0 Å². The van der Waals surface area contributed by atoms with E-state index in [-0.39, 0.29) is 11.6 Å². The van der Waals surface area contributed by atoms with E-state index in [4.69, 9.17) is 10.6 Å². The Morgan fingerprint density at radius 1 is 1.25 bits per heavy atom. The second-order valence-electron chi connectivity index (χ2n) is 5.03. The van der Waals surface area contributed by atoms with Gasteiger partial charge in [0, 0.05) is 24.9 Å². The molecule has 1 atom stereocenters. The van der Waals surface area contributed by atoms with Crippen LogP contribution in [0.1, 0.15) is 38.3 Å². The van der Waals surface area contributed by atoms with Crippen molar-refractivity contribution in [1.82, 2.24) is 10.4 Å². The molecule has 1 aromatic heterocycles. The number of aromatic nitrogens is 1. The van der Waals surface area contributed by atoms with E-state index in [1.165, 1.54) is 0 Å². The SMILES string of the molecule is CCC(CC)(OC)C(NN)c1cncc2ccccc12. The number of methoxy groups -OCH3 is 1. The molecule has 1 unspecified atom stereocenters. The van der Waals surface area contributed by atoms with E-state index in [1.54, 1.807) is 7.11 Å². The highest BCUT2D eigenvalue weighted by molar-refractivity contribution is 5.85. The van der Waals surface area contributed by atoms with E-state index >= 15 is 0 Å². The number of nitrogens with zero attached hydrogens (tertiary/aromatic N) is 1. The molecular weight excluding hydrogens is 250 g/mol. The molecule has 0 spiro atoms. The van der Waals surface area contributed by atoms with Crippen molar-refractivity contribution < 1.29 is 4.74 Å². The fourth-order valence-corrected chi connectivity index (χ4v) is 2.96. The zero-order valence-corrected chi connectivity index (χ0v) is 12.4. The first-order chi connectivity index (χ1) is 9.72. The van der Waals surface area contributed by atoms with Crippen molar-refractivity contribution in [3.05, 3.63) is 42.2 Å². The minimum absolute atomic E-state index is 0.0962. The molecule has 0 aliphatic heterocycles. The van der Waals surface area contributed by atoms with E-state index in [0.717, 1.165) is 29.2 Å². The van der Waals surface area contributed by atoms with Gasteiger partial charge in [-0.2, -0.15) is 0 Å². The molecule has 4 nitrogen and oxygen atoms in total. The average Bonchev–Trinajstić information content (AvgIpc) is 2.52. The molecule has 0 amide bonds. The number of hydrazine groups is 1. The van der Waals surface area contributed by atoms with Crippen molar-refractivity contribution in [2.75, 3.05) is 7.11 Å². The predicted molar refractivity (Wildman–Crippen MR) is 82.1 cm³/mol. The van der Waals surface area contributed by atoms with Gasteiger partial charge in [0.25, 0.3) is 0 Å². The lowest BCUT2D eigenvalue weighted by Gasteiger charge is -2.38. The quantitative estimate of drug-likeness (QED) is 0.627. The molecule has 0 saturated heterocycles. The first-order valence-electron chi connectivity index (χ1n) is 7.06. The fraction of sp³-hybridized carbons (Fsp3) is 0.438. The smallest absolute Gasteiger partial charge is 0.0881 e. The van der Waals surface area contributed by atoms with Crippen molar-refractivity contribution in [1.29, 1.82) is 0 Å². The van der Waals surface area contributed by atoms with Crippen LogP contribution in [0.25, 0.3) is 10.8 Å². The zero-order chi connectivity index (χ0) is 14.6. The third-order valence-electron chi connectivity index (χ3n) is 4.31. The number of benzene rings is 1. The molecule has 0 fully saturated rings. The molecule has 2 rings (SSSR count). The van der Waals surface area contributed by atoms with Crippen LogP contribution < -0.4 is 11.3 Å². The summed E-state index contributed by atoms with van der Waals surface area (Å²) in [5.74, 6) is 5.85. The van der Waals surface area contributed by atoms with Gasteiger partial charge >= 0.3 is 0 Å². The van der Waals surface area contributed by atoms with Crippen LogP contribution in [0.3, 0.4) is 0 Å². The van der Waals surface area contributed by atoms with Crippen LogP contribution in [0, 0.1) is 0 Å². The minimum Gasteiger partial charge on any atom is -0.376 e. The molecule has 108 valence electrons. The van der Waals surface area contributed by atoms with Gasteiger partial charge < -0.3 is 4.74 Å². The maximum atomic E-state index is 5.85. The second kappa shape index (κ2) is 6.31. The molecule has 2 aromatic rings. The van der Waals surface area contributed by atoms with Gasteiger partial charge in [0.2, 0.25) is 0 Å². The summed E-state index contributed by atoms with van der Waals surface area (Å²) >= 11 is 0. The van der Waals surface area contributed by atoms with Gasteiger partial charge in [0.15, 0.2) is 0 Å². The number of nitrogens with one attached hydrogen (secondary N) is 1. The molecule has 0 aliphatic rings. The summed E-state index contributed by atoms with van der Waals surface area (Å²) in [6, 6.07) is 8.11. The Labute approximate surface area is 120 Å². The second-order valence-corrected chi connectivity index (χ2v) is 5.03. The molecule has 0 saturated carbocycles. The van der Waals surface area contributed by atoms with Crippen molar-refractivity contribution in [3.8, 4) is 0 Å². The van der Waals surface area contributed by atoms with Crippen LogP contribution in [0.15, 0.2) is 36.7 Å². The van der Waals surface area contributed by atoms with Gasteiger partial charge in [-0.15, -0.1) is 0 Å². The zero-order valence-electron chi connectivity index (χ0n) is 12.4. The first-order valence-corrected chi connectivity index (χ1v) is 7.06. The summed E-state index contributed by atoms with van der Waals surface area (Å²) in [5, 5.41) is 2.27. The van der Waals surface area contributed by atoms with Crippen LogP contribution >= 0.6 is 0 Å². The number of hydrogen-bond donors (Lipinski definition) is 2. The maximum absolute atomic E-state index is 5.85. The number of rotatable bonds is 6. The monoisotopic (exact) mass is 273 g/mol. The van der Waals surface area contributed by atoms with Crippen LogP contribution in [-0.2, 0) is 4.74 Å². The Morgan fingerprint density at radius 2 is 1.95 bits per heavy atom. The lowest BCUT2D eigenvalue weighted by atomic mass is 9.83. The number of ether oxygens (including phenoxy) is 1. The highest BCUT2D eigenvalue weighted by Gasteiger charge is 2.37. The lowest BCUT2D eigenvalue weighted by molar-refractivity contribution is -0.0483. The maximum Gasteiger partial charge on any atom is 0.0881 e. The highest BCUT2D eigenvalue weighted by atomic mass is 16.5. The van der Waals surface area contributed by atoms with Gasteiger partial charge in [-0.05, 0) is 23.8 Å². The van der Waals surface area contributed by atoms with Crippen LogP contribution in [0.4, 0.5) is 0 Å². The number of nitrogens with two attached hydrogens (primary N) is 1. The number of fused-ring (bicyclic) bond motifs is 1. The van der Waals surface area contributed by atoms with Gasteiger partial charge in [0.05, 0.1) is 11.6 Å². The molecule has 0 bridgehead atoms. The Hall–Kier alpha value is -1.49. The molecule has 4 heteroatoms. The van der Waals surface area contributed by atoms with E-state index in [9.17, 15) is 0 Å². The first kappa shape index (κ1) is 14.9. The van der Waals surface area contributed by atoms with Crippen LogP contribution in [-0.4, -0.2) is 17.7 Å². The summed E-state index contributed by atoms with van der Waals surface area (Å²) in [6.07, 6.45) is 5.50. The summed E-state index contributed by atoms with van der Waals surface area (Å²) in [6.45, 7) is 4.24. The van der Waals surface area contributed by atoms with E-state index in [2.05, 4.69) is 36.4 Å². The highest BCUT2D eigenvalue weighted by Crippen LogP contribution is 2.36. The molecule has 0 radical (unpaired) electrons. The van der Waals surface area contributed by atoms with Crippen molar-refractivity contribution in [2.24, 2.45) is 5.84 Å². The van der Waals surface area contributed by atoms with Crippen molar-refractivity contribution in [2.45, 2.75) is 38.3 Å². The predicted octanol–water partition coefficient (Wildman–Crippen LogP) is 2.94. The molecular formula is C16H23N3O. The third-order valence-corrected chi connectivity index (χ3v) is 4.31. The Kier molecular flexibility index (Phi) is 4.70. The van der Waals surface area contributed by atoms with Gasteiger partial charge in [-0.1, -0.05) is 38.1 Å². The fourth-order valence-electron chi connectivity index (χ4n) is 2.96. The topological polar surface area (TPSA) is 60.2 Å². The number of pyridine rings is 1. The number of hydrogen-bond acceptors (Lipinski definition) is 4. The molecule has 1 heterocycles. The van der Waals surface area contributed by atoms with E-state index in [1.807, 2.05) is 24.5 Å². The summed E-state index contributed by atoms with van der Waals surface area (Å²) in [7, 11) is 1.75. The lowest BCUT2D eigenvalue weighted by Crippen LogP contribution is -2.47. The molecule has 20 heavy (non-hydrogen) atoms. The Bertz CT molecular complexity index is 553. The third kappa shape index (κ3) is 2.42. The standard InChI is InChI=1S/C16H23N3O/c1-4-16(5-2,20-3)15(19-17)14-11-18-10-12-8-6-7-9-13(12)14/h6-11,15,19H,4-5,17H2,1-3H3. The van der Waals surface area contributed by atoms with Crippen LogP contribution in [0.2, 0.25) is 0 Å². The van der Waals surface area contributed by atoms with E-state index < -0.39 is 0 Å². The minimum atomic E-state index is -0.333. The largest absolute Gasteiger partial charge is 0.376 e. The Morgan fingerprint density at radius 3 is 2.55 bits per heavy atom. The molecule has 3 N–H and O–H groups in total. The Balaban J connectivity index is 2.60. The van der Waals surface area contributed by atoms with Crippen LogP contribution in [0.5, 0.6) is 0 Å². The van der Waals surface area contributed by atoms with Gasteiger partial charge in [-0.25, -0.2) is 5.43 Å².